The molecule has 1 aliphatic heterocycles. The number of rotatable bonds is 6. The van der Waals surface area contributed by atoms with Crippen molar-refractivity contribution in [1.29, 1.82) is 0 Å². The van der Waals surface area contributed by atoms with Crippen molar-refractivity contribution >= 4 is 5.91 Å². The highest BCUT2D eigenvalue weighted by Crippen LogP contribution is 2.40. The van der Waals surface area contributed by atoms with Crippen LogP contribution >= 0.6 is 0 Å². The molecule has 2 fully saturated rings. The summed E-state index contributed by atoms with van der Waals surface area (Å²) in [6.07, 6.45) is 6.44. The number of aryl methyl sites for hydroxylation is 1. The number of carbonyl (C=O) groups excluding carboxylic acids is 1. The average Bonchev–Trinajstić information content (AvgIpc) is 3.27. The van der Waals surface area contributed by atoms with Crippen LogP contribution in [0.1, 0.15) is 37.7 Å². The Bertz CT molecular complexity index is 469. The molecule has 2 aliphatic rings. The first-order valence-corrected chi connectivity index (χ1v) is 8.31. The van der Waals surface area contributed by atoms with Gasteiger partial charge in [0.15, 0.2) is 0 Å². The molecule has 114 valence electrons. The topological polar surface area (TPSA) is 46.3 Å². The number of benzene rings is 1. The molecular formula is C18H26N2O. The average molecular weight is 286 g/mol. The van der Waals surface area contributed by atoms with Gasteiger partial charge in [-0.25, -0.2) is 0 Å². The van der Waals surface area contributed by atoms with Crippen LogP contribution in [0.4, 0.5) is 0 Å². The fourth-order valence-corrected chi connectivity index (χ4v) is 3.49. The molecule has 0 radical (unpaired) electrons. The lowest BCUT2D eigenvalue weighted by molar-refractivity contribution is -0.130. The third kappa shape index (κ3) is 3.85. The van der Waals surface area contributed by atoms with Gasteiger partial charge in [-0.05, 0) is 49.5 Å². The molecule has 21 heavy (non-hydrogen) atoms. The summed E-state index contributed by atoms with van der Waals surface area (Å²) >= 11 is 0. The zero-order chi connectivity index (χ0) is 14.7. The van der Waals surface area contributed by atoms with Crippen LogP contribution < -0.4 is 5.73 Å². The number of nitrogens with two attached hydrogens (primary N) is 1. The molecule has 1 saturated heterocycles. The second-order valence-corrected chi connectivity index (χ2v) is 6.66. The molecule has 0 aromatic heterocycles. The Balaban J connectivity index is 1.37. The van der Waals surface area contributed by atoms with Crippen LogP contribution in [-0.4, -0.2) is 29.9 Å². The minimum absolute atomic E-state index is 0.214. The summed E-state index contributed by atoms with van der Waals surface area (Å²) in [5.74, 6) is 1.68. The summed E-state index contributed by atoms with van der Waals surface area (Å²) in [6.45, 7) is 1.68. The largest absolute Gasteiger partial charge is 0.341 e. The van der Waals surface area contributed by atoms with Crippen LogP contribution in [0.5, 0.6) is 0 Å². The summed E-state index contributed by atoms with van der Waals surface area (Å²) in [5, 5.41) is 0. The van der Waals surface area contributed by atoms with Crippen molar-refractivity contribution in [3.63, 3.8) is 0 Å². The molecule has 0 bridgehead atoms. The highest BCUT2D eigenvalue weighted by atomic mass is 16.2. The fraction of sp³-hybridized carbons (Fsp3) is 0.611. The molecule has 1 heterocycles. The second kappa shape index (κ2) is 6.61. The standard InChI is InChI=1S/C18H26N2O/c19-17-13-20(12-16(17)15-10-11-15)18(21)9-5-4-8-14-6-2-1-3-7-14/h1-3,6-7,15-17H,4-5,8-13,19H2/t16-,17+/m1/s1. The van der Waals surface area contributed by atoms with Crippen molar-refractivity contribution in [3.8, 4) is 0 Å². The molecule has 3 heteroatoms. The van der Waals surface area contributed by atoms with E-state index in [2.05, 4.69) is 24.3 Å². The minimum Gasteiger partial charge on any atom is -0.341 e. The third-order valence-electron chi connectivity index (χ3n) is 4.94. The highest BCUT2D eigenvalue weighted by Gasteiger charge is 2.41. The number of amides is 1. The van der Waals surface area contributed by atoms with Gasteiger partial charge in [-0.2, -0.15) is 0 Å². The van der Waals surface area contributed by atoms with E-state index >= 15 is 0 Å². The zero-order valence-corrected chi connectivity index (χ0v) is 12.7. The van der Waals surface area contributed by atoms with Gasteiger partial charge in [0.05, 0.1) is 0 Å². The second-order valence-electron chi connectivity index (χ2n) is 6.66. The summed E-state index contributed by atoms with van der Waals surface area (Å²) in [5.41, 5.74) is 7.55. The van der Waals surface area contributed by atoms with Crippen molar-refractivity contribution in [1.82, 2.24) is 4.90 Å². The van der Waals surface area contributed by atoms with Crippen molar-refractivity contribution in [2.24, 2.45) is 17.6 Å². The first-order valence-electron chi connectivity index (χ1n) is 8.31. The number of likely N-dealkylation sites (tertiary alicyclic amines) is 1. The molecule has 3 rings (SSSR count). The lowest BCUT2D eigenvalue weighted by Crippen LogP contribution is -2.32. The fourth-order valence-electron chi connectivity index (χ4n) is 3.49. The van der Waals surface area contributed by atoms with Gasteiger partial charge in [0.25, 0.3) is 0 Å². The summed E-state index contributed by atoms with van der Waals surface area (Å²) in [4.78, 5) is 14.3. The third-order valence-corrected chi connectivity index (χ3v) is 4.94. The van der Waals surface area contributed by atoms with Gasteiger partial charge in [-0.15, -0.1) is 0 Å². The van der Waals surface area contributed by atoms with Crippen LogP contribution in [0.2, 0.25) is 0 Å². The normalized spacial score (nSPS) is 25.3. The van der Waals surface area contributed by atoms with Crippen molar-refractivity contribution in [3.05, 3.63) is 35.9 Å². The lowest BCUT2D eigenvalue weighted by Gasteiger charge is -2.16. The van der Waals surface area contributed by atoms with Crippen LogP contribution in [-0.2, 0) is 11.2 Å². The smallest absolute Gasteiger partial charge is 0.222 e. The first-order chi connectivity index (χ1) is 10.2. The summed E-state index contributed by atoms with van der Waals surface area (Å²) in [7, 11) is 0. The number of hydrogen-bond donors (Lipinski definition) is 1. The van der Waals surface area contributed by atoms with Crippen LogP contribution in [0, 0.1) is 11.8 Å². The Morgan fingerprint density at radius 3 is 2.62 bits per heavy atom. The molecule has 1 amide bonds. The van der Waals surface area contributed by atoms with Gasteiger partial charge in [-0.3, -0.25) is 4.79 Å². The maximum absolute atomic E-state index is 12.3. The molecular weight excluding hydrogens is 260 g/mol. The summed E-state index contributed by atoms with van der Waals surface area (Å²) < 4.78 is 0. The van der Waals surface area contributed by atoms with Gasteiger partial charge in [0.1, 0.15) is 0 Å². The Kier molecular flexibility index (Phi) is 4.59. The van der Waals surface area contributed by atoms with Gasteiger partial charge in [-0.1, -0.05) is 30.3 Å². The van der Waals surface area contributed by atoms with Crippen molar-refractivity contribution in [2.75, 3.05) is 13.1 Å². The Morgan fingerprint density at radius 2 is 1.90 bits per heavy atom. The zero-order valence-electron chi connectivity index (χ0n) is 12.7. The van der Waals surface area contributed by atoms with Crippen LogP contribution in [0.25, 0.3) is 0 Å². The Labute approximate surface area is 127 Å². The molecule has 3 nitrogen and oxygen atoms in total. The quantitative estimate of drug-likeness (QED) is 0.817. The van der Waals surface area contributed by atoms with E-state index in [1.807, 2.05) is 11.0 Å². The predicted molar refractivity (Wildman–Crippen MR) is 84.8 cm³/mol. The Hall–Kier alpha value is -1.35. The SMILES string of the molecule is N[C@H]1CN(C(=O)CCCCc2ccccc2)C[C@@H]1C1CC1. The Morgan fingerprint density at radius 1 is 1.14 bits per heavy atom. The summed E-state index contributed by atoms with van der Waals surface area (Å²) in [6, 6.07) is 10.7. The van der Waals surface area contributed by atoms with E-state index < -0.39 is 0 Å². The van der Waals surface area contributed by atoms with Gasteiger partial charge in [0.2, 0.25) is 5.91 Å². The minimum atomic E-state index is 0.214. The predicted octanol–water partition coefficient (Wildman–Crippen LogP) is 2.60. The van der Waals surface area contributed by atoms with E-state index in [-0.39, 0.29) is 6.04 Å². The van der Waals surface area contributed by atoms with Gasteiger partial charge < -0.3 is 10.6 Å². The van der Waals surface area contributed by atoms with E-state index in [0.29, 0.717) is 18.2 Å². The lowest BCUT2D eigenvalue weighted by atomic mass is 9.99. The molecule has 1 aromatic carbocycles. The highest BCUT2D eigenvalue weighted by molar-refractivity contribution is 5.76. The van der Waals surface area contributed by atoms with Gasteiger partial charge >= 0.3 is 0 Å². The van der Waals surface area contributed by atoms with Crippen molar-refractivity contribution in [2.45, 2.75) is 44.6 Å². The van der Waals surface area contributed by atoms with Crippen LogP contribution in [0.3, 0.4) is 0 Å². The van der Waals surface area contributed by atoms with Gasteiger partial charge in [0, 0.05) is 25.6 Å². The van der Waals surface area contributed by atoms with E-state index in [4.69, 9.17) is 5.73 Å². The van der Waals surface area contributed by atoms with E-state index in [9.17, 15) is 4.79 Å². The molecule has 1 aliphatic carbocycles. The number of nitrogens with zero attached hydrogens (tertiary/aromatic N) is 1. The van der Waals surface area contributed by atoms with E-state index in [1.54, 1.807) is 0 Å². The van der Waals surface area contributed by atoms with E-state index in [1.165, 1.54) is 18.4 Å². The molecule has 2 N–H and O–H groups in total. The molecule has 0 unspecified atom stereocenters. The van der Waals surface area contributed by atoms with Crippen LogP contribution in [0.15, 0.2) is 30.3 Å². The van der Waals surface area contributed by atoms with E-state index in [0.717, 1.165) is 38.3 Å². The van der Waals surface area contributed by atoms with Crippen molar-refractivity contribution < 1.29 is 4.79 Å². The molecule has 2 atom stereocenters. The first kappa shape index (κ1) is 14.6. The molecule has 1 aromatic rings. The maximum Gasteiger partial charge on any atom is 0.222 e. The maximum atomic E-state index is 12.3. The molecule has 0 spiro atoms. The number of unbranched alkanes of at least 4 members (excludes halogenated alkanes) is 1. The number of carbonyl (C=O) groups is 1. The monoisotopic (exact) mass is 286 g/mol. The molecule has 1 saturated carbocycles. The number of hydrogen-bond acceptors (Lipinski definition) is 2.